The lowest BCUT2D eigenvalue weighted by atomic mass is 9.82. The predicted molar refractivity (Wildman–Crippen MR) is 96.2 cm³/mol. The Balaban J connectivity index is 2.81. The van der Waals surface area contributed by atoms with E-state index >= 15 is 0 Å². The van der Waals surface area contributed by atoms with Crippen LogP contribution in [-0.4, -0.2) is 31.7 Å². The van der Waals surface area contributed by atoms with Crippen molar-refractivity contribution in [2.45, 2.75) is 19.8 Å². The molecule has 0 spiro atoms. The zero-order valence-corrected chi connectivity index (χ0v) is 15.8. The molecule has 1 aliphatic heterocycles. The number of nitro groups is 1. The van der Waals surface area contributed by atoms with Crippen LogP contribution in [0.1, 0.15) is 25.3 Å². The van der Waals surface area contributed by atoms with Crippen LogP contribution in [0.25, 0.3) is 0 Å². The molecule has 0 fully saturated rings. The highest BCUT2D eigenvalue weighted by Gasteiger charge is 2.38. The van der Waals surface area contributed by atoms with Crippen molar-refractivity contribution in [2.75, 3.05) is 20.8 Å². The first-order valence-electron chi connectivity index (χ1n) is 8.16. The van der Waals surface area contributed by atoms with Gasteiger partial charge in [0.05, 0.1) is 37.2 Å². The molecule has 1 atom stereocenters. The van der Waals surface area contributed by atoms with E-state index in [2.05, 4.69) is 0 Å². The Morgan fingerprint density at radius 3 is 2.57 bits per heavy atom. The van der Waals surface area contributed by atoms with Crippen molar-refractivity contribution in [2.24, 2.45) is 5.73 Å². The van der Waals surface area contributed by atoms with Crippen LogP contribution in [0, 0.1) is 21.4 Å². The van der Waals surface area contributed by atoms with Gasteiger partial charge in [0.1, 0.15) is 17.4 Å². The maximum atomic E-state index is 12.5. The SMILES string of the molecule is CCOC(=O)C1=C(C)OC(N)=C(C#N)C1c1cc(OC)c(OC)c([N+](=O)[O-])c1. The number of hydrogen-bond acceptors (Lipinski definition) is 9. The lowest BCUT2D eigenvalue weighted by Gasteiger charge is -2.27. The van der Waals surface area contributed by atoms with Gasteiger partial charge in [0, 0.05) is 6.07 Å². The summed E-state index contributed by atoms with van der Waals surface area (Å²) < 4.78 is 20.7. The van der Waals surface area contributed by atoms with Crippen molar-refractivity contribution in [1.82, 2.24) is 0 Å². The van der Waals surface area contributed by atoms with Crippen LogP contribution in [0.2, 0.25) is 0 Å². The number of carbonyl (C=O) groups is 1. The van der Waals surface area contributed by atoms with Gasteiger partial charge in [-0.3, -0.25) is 10.1 Å². The van der Waals surface area contributed by atoms with Crippen molar-refractivity contribution in [3.05, 3.63) is 50.6 Å². The Morgan fingerprint density at radius 2 is 2.07 bits per heavy atom. The van der Waals surface area contributed by atoms with Gasteiger partial charge < -0.3 is 24.7 Å². The molecule has 1 aromatic carbocycles. The third-order valence-electron chi connectivity index (χ3n) is 4.11. The van der Waals surface area contributed by atoms with Gasteiger partial charge in [0.2, 0.25) is 11.6 Å². The summed E-state index contributed by atoms with van der Waals surface area (Å²) in [5, 5.41) is 21.1. The summed E-state index contributed by atoms with van der Waals surface area (Å²) in [6, 6.07) is 4.56. The molecule has 10 heteroatoms. The smallest absolute Gasteiger partial charge is 0.338 e. The molecule has 1 heterocycles. The number of benzene rings is 1. The van der Waals surface area contributed by atoms with Crippen molar-refractivity contribution >= 4 is 11.7 Å². The summed E-state index contributed by atoms with van der Waals surface area (Å²) in [5.41, 5.74) is 5.62. The molecule has 0 amide bonds. The molecule has 1 aromatic rings. The minimum absolute atomic E-state index is 0.0223. The summed E-state index contributed by atoms with van der Waals surface area (Å²) in [6.07, 6.45) is 0. The molecule has 1 aliphatic rings. The van der Waals surface area contributed by atoms with Gasteiger partial charge in [-0.15, -0.1) is 0 Å². The average Bonchev–Trinajstić information content (AvgIpc) is 2.66. The third-order valence-corrected chi connectivity index (χ3v) is 4.11. The van der Waals surface area contributed by atoms with Gasteiger partial charge >= 0.3 is 11.7 Å². The Bertz CT molecular complexity index is 928. The van der Waals surface area contributed by atoms with Gasteiger partial charge in [0.15, 0.2) is 5.75 Å². The lowest BCUT2D eigenvalue weighted by molar-refractivity contribution is -0.385. The van der Waals surface area contributed by atoms with E-state index in [4.69, 9.17) is 24.7 Å². The fourth-order valence-electron chi connectivity index (χ4n) is 2.96. The Labute approximate surface area is 160 Å². The van der Waals surface area contributed by atoms with E-state index in [1.54, 1.807) is 6.92 Å². The number of nitriles is 1. The number of methoxy groups -OCH3 is 2. The van der Waals surface area contributed by atoms with Crippen molar-refractivity contribution < 1.29 is 28.7 Å². The second-order valence-corrected chi connectivity index (χ2v) is 5.65. The Kier molecular flexibility index (Phi) is 6.10. The topological polar surface area (TPSA) is 147 Å². The number of nitrogens with zero attached hydrogens (tertiary/aromatic N) is 2. The van der Waals surface area contributed by atoms with Crippen LogP contribution >= 0.6 is 0 Å². The second kappa shape index (κ2) is 8.30. The molecule has 0 saturated carbocycles. The third kappa shape index (κ3) is 3.55. The summed E-state index contributed by atoms with van der Waals surface area (Å²) in [7, 11) is 2.59. The zero-order chi connectivity index (χ0) is 21.0. The normalized spacial score (nSPS) is 16.2. The average molecular weight is 389 g/mol. The van der Waals surface area contributed by atoms with Gasteiger partial charge in [-0.05, 0) is 25.5 Å². The molecule has 0 aromatic heterocycles. The number of hydrogen-bond donors (Lipinski definition) is 1. The molecule has 0 aliphatic carbocycles. The van der Waals surface area contributed by atoms with E-state index in [0.717, 1.165) is 0 Å². The monoisotopic (exact) mass is 389 g/mol. The van der Waals surface area contributed by atoms with Gasteiger partial charge in [-0.1, -0.05) is 0 Å². The van der Waals surface area contributed by atoms with Crippen molar-refractivity contribution in [3.8, 4) is 17.6 Å². The van der Waals surface area contributed by atoms with E-state index in [0.29, 0.717) is 0 Å². The van der Waals surface area contributed by atoms with E-state index in [1.807, 2.05) is 6.07 Å². The Hall–Kier alpha value is -3.74. The number of nitro benzene ring substituents is 1. The molecular weight excluding hydrogens is 370 g/mol. The lowest BCUT2D eigenvalue weighted by Crippen LogP contribution is -2.25. The number of esters is 1. The first kappa shape index (κ1) is 20.6. The fraction of sp³-hybridized carbons (Fsp3) is 0.333. The van der Waals surface area contributed by atoms with E-state index in [9.17, 15) is 20.2 Å². The van der Waals surface area contributed by atoms with E-state index < -0.39 is 16.8 Å². The van der Waals surface area contributed by atoms with Crippen LogP contribution in [0.5, 0.6) is 11.5 Å². The number of allylic oxidation sites excluding steroid dienone is 2. The predicted octanol–water partition coefficient (Wildman–Crippen LogP) is 2.26. The quantitative estimate of drug-likeness (QED) is 0.439. The van der Waals surface area contributed by atoms with Crippen LogP contribution in [0.4, 0.5) is 5.69 Å². The van der Waals surface area contributed by atoms with Crippen LogP contribution in [-0.2, 0) is 14.3 Å². The molecular formula is C18H19N3O7. The van der Waals surface area contributed by atoms with Crippen molar-refractivity contribution in [1.29, 1.82) is 5.26 Å². The number of ether oxygens (including phenoxy) is 4. The first-order chi connectivity index (χ1) is 13.3. The van der Waals surface area contributed by atoms with Crippen LogP contribution in [0.3, 0.4) is 0 Å². The summed E-state index contributed by atoms with van der Waals surface area (Å²) >= 11 is 0. The molecule has 0 radical (unpaired) electrons. The second-order valence-electron chi connectivity index (χ2n) is 5.65. The van der Waals surface area contributed by atoms with Crippen LogP contribution in [0.15, 0.2) is 34.9 Å². The maximum absolute atomic E-state index is 12.5. The number of nitrogens with two attached hydrogens (primary N) is 1. The standard InChI is InChI=1S/C18H19N3O7/c1-5-27-18(22)14-9(2)28-17(20)11(8-19)15(14)10-6-12(21(23)24)16(26-4)13(7-10)25-3/h6-7,15H,5,20H2,1-4H3. The summed E-state index contributed by atoms with van der Waals surface area (Å²) in [5.74, 6) is -1.83. The summed E-state index contributed by atoms with van der Waals surface area (Å²) in [4.78, 5) is 23.4. The van der Waals surface area contributed by atoms with Crippen molar-refractivity contribution in [3.63, 3.8) is 0 Å². The molecule has 28 heavy (non-hydrogen) atoms. The van der Waals surface area contributed by atoms with Gasteiger partial charge in [-0.2, -0.15) is 5.26 Å². The Morgan fingerprint density at radius 1 is 1.39 bits per heavy atom. The number of rotatable bonds is 6. The van der Waals surface area contributed by atoms with Crippen LogP contribution < -0.4 is 15.2 Å². The zero-order valence-electron chi connectivity index (χ0n) is 15.8. The molecule has 10 nitrogen and oxygen atoms in total. The number of carbonyl (C=O) groups excluding carboxylic acids is 1. The fourth-order valence-corrected chi connectivity index (χ4v) is 2.96. The van der Waals surface area contributed by atoms with Gasteiger partial charge in [-0.25, -0.2) is 4.79 Å². The van der Waals surface area contributed by atoms with E-state index in [1.165, 1.54) is 33.3 Å². The minimum atomic E-state index is -1.03. The van der Waals surface area contributed by atoms with Gasteiger partial charge in [0.25, 0.3) is 0 Å². The molecule has 0 bridgehead atoms. The maximum Gasteiger partial charge on any atom is 0.338 e. The molecule has 2 rings (SSSR count). The molecule has 2 N–H and O–H groups in total. The molecule has 0 saturated heterocycles. The summed E-state index contributed by atoms with van der Waals surface area (Å²) in [6.45, 7) is 3.22. The molecule has 1 unspecified atom stereocenters. The highest BCUT2D eigenvalue weighted by Crippen LogP contribution is 2.45. The highest BCUT2D eigenvalue weighted by molar-refractivity contribution is 5.92. The largest absolute Gasteiger partial charge is 0.493 e. The molecule has 148 valence electrons. The van der Waals surface area contributed by atoms with E-state index in [-0.39, 0.29) is 52.1 Å². The highest BCUT2D eigenvalue weighted by atomic mass is 16.6. The first-order valence-corrected chi connectivity index (χ1v) is 8.16. The minimum Gasteiger partial charge on any atom is -0.493 e.